The van der Waals surface area contributed by atoms with E-state index in [2.05, 4.69) is 82.5 Å². The van der Waals surface area contributed by atoms with E-state index in [-0.39, 0.29) is 63.0 Å². The van der Waals surface area contributed by atoms with Crippen LogP contribution in [-0.4, -0.2) is 259 Å². The first-order valence-corrected chi connectivity index (χ1v) is 44.0. The molecule has 0 saturated carbocycles. The van der Waals surface area contributed by atoms with Crippen LogP contribution >= 0.6 is 0 Å². The third kappa shape index (κ3) is 41.0. The highest BCUT2D eigenvalue weighted by Crippen LogP contribution is 2.22. The lowest BCUT2D eigenvalue weighted by molar-refractivity contribution is 0.258. The molecule has 8 aromatic rings. The molecule has 8 saturated heterocycles. The molecule has 14 N–H and O–H groups in total. The minimum Gasteiger partial charge on any atom is -0.412 e. The number of hydrogen-bond donors (Lipinski definition) is 8. The highest BCUT2D eigenvalue weighted by atomic mass is 19.2. The largest absolute Gasteiger partial charge is 0.412 e. The van der Waals surface area contributed by atoms with Crippen molar-refractivity contribution in [3.8, 4) is 0 Å². The maximum atomic E-state index is 12.9. The lowest BCUT2D eigenvalue weighted by atomic mass is 10.3. The fourth-order valence-electron chi connectivity index (χ4n) is 14.2. The van der Waals surface area contributed by atoms with Gasteiger partial charge in [-0.15, -0.1) is 0 Å². The maximum absolute atomic E-state index is 12.9. The molecule has 35 nitrogen and oxygen atoms in total. The summed E-state index contributed by atoms with van der Waals surface area (Å²) in [5.41, 5.74) is 3.33. The third-order valence-electron chi connectivity index (χ3n) is 21.1. The molecule has 0 radical (unpaired) electrons. The van der Waals surface area contributed by atoms with E-state index < -0.39 is 48.2 Å². The molecule has 139 heavy (non-hydrogen) atoms. The van der Waals surface area contributed by atoms with E-state index in [1.807, 2.05) is 95.6 Å². The summed E-state index contributed by atoms with van der Waals surface area (Å²) < 4.78 is 103. The van der Waals surface area contributed by atoms with Crippen LogP contribution in [0.4, 0.5) is 119 Å². The average molecular weight is 1940 g/mol. The van der Waals surface area contributed by atoms with Gasteiger partial charge in [-0.05, 0) is 197 Å². The number of likely N-dealkylation sites (tertiary alicyclic amines) is 8. The summed E-state index contributed by atoms with van der Waals surface area (Å²) in [5.74, 6) is 3.17. The highest BCUT2D eigenvalue weighted by molar-refractivity contribution is 6.06. The van der Waals surface area contributed by atoms with Gasteiger partial charge in [-0.1, -0.05) is 48.5 Å². The van der Waals surface area contributed by atoms with Gasteiger partial charge in [-0.25, -0.2) is 73.5 Å². The molecule has 8 aliphatic rings. The molecule has 0 spiro atoms. The second-order valence-corrected chi connectivity index (χ2v) is 31.9. The third-order valence-corrected chi connectivity index (χ3v) is 21.1. The zero-order chi connectivity index (χ0) is 98.0. The quantitative estimate of drug-likeness (QED) is 0.0655. The number of aliphatic imine (C=N–C) groups is 8. The van der Waals surface area contributed by atoms with E-state index in [0.717, 1.165) is 202 Å². The molecular formula is C96H118F8N24O11. The molecular weight excluding hydrogens is 1820 g/mol. The van der Waals surface area contributed by atoms with Crippen LogP contribution in [0.15, 0.2) is 234 Å². The second-order valence-electron chi connectivity index (χ2n) is 31.9. The number of nitrogens with zero attached hydrogens (tertiary/aromatic N) is 16. The summed E-state index contributed by atoms with van der Waals surface area (Å²) in [6.07, 6.45) is 14.6. The number of hydrogen-bond acceptors (Lipinski definition) is 8. The zero-order valence-corrected chi connectivity index (χ0v) is 78.4. The van der Waals surface area contributed by atoms with Crippen molar-refractivity contribution in [2.45, 2.75) is 103 Å². The zero-order valence-electron chi connectivity index (χ0n) is 78.4. The van der Waals surface area contributed by atoms with E-state index in [0.29, 0.717) is 45.5 Å². The van der Waals surface area contributed by atoms with Crippen LogP contribution in [0.2, 0.25) is 0 Å². The number of nitrogens with one attached hydrogen (secondary N) is 8. The van der Waals surface area contributed by atoms with Crippen LogP contribution in [0, 0.1) is 46.5 Å². The van der Waals surface area contributed by atoms with E-state index in [1.54, 1.807) is 97.1 Å². The van der Waals surface area contributed by atoms with Gasteiger partial charge < -0.3 is 98.2 Å². The fraction of sp³-hybridized carbons (Fsp3) is 0.333. The monoisotopic (exact) mass is 1930 g/mol. The fourth-order valence-corrected chi connectivity index (χ4v) is 14.2. The van der Waals surface area contributed by atoms with Crippen molar-refractivity contribution in [2.24, 2.45) is 39.9 Å². The number of urea groups is 8. The molecule has 16 amide bonds. The van der Waals surface area contributed by atoms with Gasteiger partial charge in [0.15, 0.2) is 0 Å². The Bertz CT molecular complexity index is 4710. The van der Waals surface area contributed by atoms with E-state index in [4.69, 9.17) is 0 Å². The van der Waals surface area contributed by atoms with Crippen LogP contribution in [0.25, 0.3) is 0 Å². The number of carbonyl (C=O) groups is 8. The number of rotatable bonds is 8. The lowest BCUT2D eigenvalue weighted by Crippen LogP contribution is -2.21. The maximum Gasteiger partial charge on any atom is 0.347 e. The smallest absolute Gasteiger partial charge is 0.347 e. The summed E-state index contributed by atoms with van der Waals surface area (Å²) >= 11 is 0. The van der Waals surface area contributed by atoms with Crippen molar-refractivity contribution < 1.29 is 89.9 Å². The first-order chi connectivity index (χ1) is 65.2. The van der Waals surface area contributed by atoms with Gasteiger partial charge in [-0.2, -0.15) is 39.9 Å². The van der Waals surface area contributed by atoms with Crippen LogP contribution < -0.4 is 42.5 Å². The van der Waals surface area contributed by atoms with Crippen molar-refractivity contribution in [2.75, 3.05) is 151 Å². The van der Waals surface area contributed by atoms with Crippen molar-refractivity contribution in [3.63, 3.8) is 0 Å². The normalized spacial score (nSPS) is 17.2. The Morgan fingerprint density at radius 3 is 0.374 bits per heavy atom. The van der Waals surface area contributed by atoms with Gasteiger partial charge in [0, 0.05) is 206 Å². The van der Waals surface area contributed by atoms with Crippen LogP contribution in [0.5, 0.6) is 0 Å². The van der Waals surface area contributed by atoms with E-state index in [9.17, 15) is 73.5 Å². The van der Waals surface area contributed by atoms with Crippen LogP contribution in [-0.2, 0) is 0 Å². The Balaban J connectivity index is 0.000000243. The number of halogens is 8. The van der Waals surface area contributed by atoms with E-state index in [1.165, 1.54) is 97.1 Å². The second kappa shape index (κ2) is 58.1. The lowest BCUT2D eigenvalue weighted by Gasteiger charge is -2.10. The van der Waals surface area contributed by atoms with Crippen molar-refractivity contribution in [1.29, 1.82) is 0 Å². The molecule has 0 unspecified atom stereocenters. The molecule has 0 aromatic heterocycles. The molecule has 8 aliphatic heterocycles. The Morgan fingerprint density at radius 2 is 0.295 bits per heavy atom. The van der Waals surface area contributed by atoms with Crippen LogP contribution in [0.3, 0.4) is 0 Å². The minimum absolute atomic E-state index is 0. The minimum atomic E-state index is -0.459. The van der Waals surface area contributed by atoms with Gasteiger partial charge in [0.1, 0.15) is 93.2 Å². The van der Waals surface area contributed by atoms with Crippen LogP contribution in [0.1, 0.15) is 103 Å². The molecule has 8 heterocycles. The Hall–Kier alpha value is -15.4. The SMILES string of the molecule is CN1CCC/C1=N\C(=O)Nc1cccc(F)c1.CN1CCC/C1=N\C(=O)Nc1cccc(F)c1.CN1CCC/C1=N\C(=O)Nc1cccc(F)c1.CN1CCC/C1=N\C(=O)Nc1cccc(F)c1.CN1CCC/C1=N\C(=O)Nc1cccc(F)c1.CN1CCC/C1=N\C(=O)Nc1cccc(F)c1.CN1CCC/C1=N\C(=O)Nc1cccc(F)c1.CN1CCC/C1=N\C(=O)Nc1cccc(F)c1.O.O.O. The Labute approximate surface area is 800 Å². The molecule has 8 aromatic carbocycles. The molecule has 0 aliphatic carbocycles. The predicted octanol–water partition coefficient (Wildman–Crippen LogP) is 17.4. The number of amidine groups is 8. The number of benzene rings is 8. The summed E-state index contributed by atoms with van der Waals surface area (Å²) in [7, 11) is 15.2. The molecule has 8 fully saturated rings. The number of anilines is 8. The van der Waals surface area contributed by atoms with E-state index >= 15 is 0 Å². The first kappa shape index (κ1) is 112. The number of carbonyl (C=O) groups excluding carboxylic acids is 8. The predicted molar refractivity (Wildman–Crippen MR) is 529 cm³/mol. The van der Waals surface area contributed by atoms with Crippen molar-refractivity contribution >= 4 is 140 Å². The standard InChI is InChI=1S/8C12H14FN3O.3H2O/c8*1-16-7-3-6-11(16)15-12(17)14-10-5-2-4-9(13)8-10;;;/h8*2,4-5,8H,3,6-7H2,1H3,(H,14,17);3*1H2/b8*15-11+;;;. The molecule has 0 atom stereocenters. The molecule has 16 rings (SSSR count). The van der Waals surface area contributed by atoms with Gasteiger partial charge in [0.05, 0.1) is 0 Å². The summed E-state index contributed by atoms with van der Waals surface area (Å²) in [6.45, 7) is 7.38. The van der Waals surface area contributed by atoms with Gasteiger partial charge in [0.25, 0.3) is 0 Å². The molecule has 43 heteroatoms. The Morgan fingerprint density at radius 1 is 0.194 bits per heavy atom. The van der Waals surface area contributed by atoms with Gasteiger partial charge >= 0.3 is 48.2 Å². The van der Waals surface area contributed by atoms with Crippen molar-refractivity contribution in [3.05, 3.63) is 241 Å². The summed E-state index contributed by atoms with van der Waals surface area (Å²) in [6, 6.07) is 42.3. The molecule has 0 bridgehead atoms. The molecule has 744 valence electrons. The summed E-state index contributed by atoms with van der Waals surface area (Å²) in [4.78, 5) is 140. The Kier molecular flexibility index (Phi) is 47.0. The topological polar surface area (TPSA) is 452 Å². The number of amides is 16. The van der Waals surface area contributed by atoms with Gasteiger partial charge in [0.2, 0.25) is 0 Å². The summed E-state index contributed by atoms with van der Waals surface area (Å²) in [5, 5.41) is 20.3. The average Bonchev–Trinajstić information content (AvgIpc) is 1.74. The van der Waals surface area contributed by atoms with Gasteiger partial charge in [-0.3, -0.25) is 0 Å². The highest BCUT2D eigenvalue weighted by Gasteiger charge is 2.24. The first-order valence-electron chi connectivity index (χ1n) is 44.0. The van der Waals surface area contributed by atoms with Crippen molar-refractivity contribution in [1.82, 2.24) is 39.2 Å².